The average molecular weight is 408 g/mol. The number of thioether (sulfide) groups is 1. The number of carbonyl (C=O) groups excluding carboxylic acids is 2. The minimum absolute atomic E-state index is 0.0688. The van der Waals surface area contributed by atoms with Crippen molar-refractivity contribution in [2.24, 2.45) is 0 Å². The number of nitrogens with one attached hydrogen (secondary N) is 2. The molecule has 0 aliphatic carbocycles. The number of amides is 1. The van der Waals surface area contributed by atoms with Gasteiger partial charge in [-0.05, 0) is 44.7 Å². The number of unbranched alkanes of at least 4 members (excludes halogenated alkanes) is 2. The molecule has 0 bridgehead atoms. The van der Waals surface area contributed by atoms with Gasteiger partial charge >= 0.3 is 0 Å². The maximum Gasteiger partial charge on any atom is 0.230 e. The zero-order chi connectivity index (χ0) is 19.6. The summed E-state index contributed by atoms with van der Waals surface area (Å²) in [7, 11) is 0. The van der Waals surface area contributed by atoms with Crippen molar-refractivity contribution in [1.29, 1.82) is 0 Å². The van der Waals surface area contributed by atoms with Gasteiger partial charge in [0.05, 0.1) is 5.75 Å². The van der Waals surface area contributed by atoms with E-state index in [9.17, 15) is 14.7 Å². The standard InChI is InChI=1S/C18H24N4O3S2/c1-12-7-8-14(13(2)10-12)20-17-21-22-18(27-17)26-11-15(23)19-9-5-3-4-6-16(24)25/h7-8,10H,3-6,9,11H2,1-2H3,(H,19,23)(H,20,21)(H,24,25)/p-1. The first-order valence-electron chi connectivity index (χ1n) is 8.71. The Morgan fingerprint density at radius 2 is 2.00 bits per heavy atom. The summed E-state index contributed by atoms with van der Waals surface area (Å²) in [5.41, 5.74) is 3.33. The monoisotopic (exact) mass is 407 g/mol. The molecular formula is C18H23N4O3S2-. The fraction of sp³-hybridized carbons (Fsp3) is 0.444. The molecule has 1 heterocycles. The Morgan fingerprint density at radius 3 is 2.74 bits per heavy atom. The van der Waals surface area contributed by atoms with Gasteiger partial charge in [-0.1, -0.05) is 47.2 Å². The van der Waals surface area contributed by atoms with E-state index < -0.39 is 5.97 Å². The Hall–Kier alpha value is -2.13. The molecular weight excluding hydrogens is 384 g/mol. The Balaban J connectivity index is 1.68. The zero-order valence-corrected chi connectivity index (χ0v) is 17.0. The Bertz CT molecular complexity index is 780. The minimum Gasteiger partial charge on any atom is -0.550 e. The van der Waals surface area contributed by atoms with Gasteiger partial charge in [0, 0.05) is 18.2 Å². The van der Waals surface area contributed by atoms with E-state index in [1.54, 1.807) is 0 Å². The largest absolute Gasteiger partial charge is 0.550 e. The summed E-state index contributed by atoms with van der Waals surface area (Å²) in [6.07, 6.45) is 2.16. The molecule has 0 saturated heterocycles. The number of carboxylic acid groups (broad SMARTS) is 1. The van der Waals surface area contributed by atoms with E-state index in [-0.39, 0.29) is 18.1 Å². The van der Waals surface area contributed by atoms with E-state index >= 15 is 0 Å². The molecule has 0 aliphatic heterocycles. The number of nitrogens with zero attached hydrogens (tertiary/aromatic N) is 2. The minimum atomic E-state index is -1.03. The van der Waals surface area contributed by atoms with Crippen molar-refractivity contribution in [3.8, 4) is 0 Å². The highest BCUT2D eigenvalue weighted by Crippen LogP contribution is 2.28. The number of hydrogen-bond donors (Lipinski definition) is 2. The van der Waals surface area contributed by atoms with Crippen LogP contribution in [-0.4, -0.2) is 34.4 Å². The average Bonchev–Trinajstić information content (AvgIpc) is 3.06. The van der Waals surface area contributed by atoms with E-state index in [1.807, 2.05) is 19.1 Å². The predicted octanol–water partition coefficient (Wildman–Crippen LogP) is 2.42. The van der Waals surface area contributed by atoms with Crippen molar-refractivity contribution < 1.29 is 14.7 Å². The Kier molecular flexibility index (Phi) is 8.53. The van der Waals surface area contributed by atoms with Crippen molar-refractivity contribution in [2.75, 3.05) is 17.6 Å². The summed E-state index contributed by atoms with van der Waals surface area (Å²) in [5.74, 6) is -0.824. The molecule has 0 atom stereocenters. The van der Waals surface area contributed by atoms with Crippen molar-refractivity contribution in [2.45, 2.75) is 43.9 Å². The lowest BCUT2D eigenvalue weighted by molar-refractivity contribution is -0.305. The lowest BCUT2D eigenvalue weighted by atomic mass is 10.1. The van der Waals surface area contributed by atoms with Crippen LogP contribution in [0.1, 0.15) is 36.8 Å². The van der Waals surface area contributed by atoms with Crippen LogP contribution in [0, 0.1) is 13.8 Å². The van der Waals surface area contributed by atoms with Crippen molar-refractivity contribution in [3.05, 3.63) is 29.3 Å². The number of hydrogen-bond acceptors (Lipinski definition) is 8. The molecule has 0 radical (unpaired) electrons. The maximum absolute atomic E-state index is 11.8. The Morgan fingerprint density at radius 1 is 1.19 bits per heavy atom. The highest BCUT2D eigenvalue weighted by Gasteiger charge is 2.09. The van der Waals surface area contributed by atoms with Crippen LogP contribution >= 0.6 is 23.1 Å². The van der Waals surface area contributed by atoms with Crippen LogP contribution in [0.5, 0.6) is 0 Å². The van der Waals surface area contributed by atoms with Crippen LogP contribution in [0.15, 0.2) is 22.5 Å². The molecule has 1 aromatic heterocycles. The van der Waals surface area contributed by atoms with E-state index in [2.05, 4.69) is 33.8 Å². The molecule has 0 fully saturated rings. The van der Waals surface area contributed by atoms with Gasteiger partial charge in [-0.3, -0.25) is 4.79 Å². The van der Waals surface area contributed by atoms with Crippen LogP contribution in [0.3, 0.4) is 0 Å². The van der Waals surface area contributed by atoms with Crippen LogP contribution in [0.4, 0.5) is 10.8 Å². The number of benzene rings is 1. The molecule has 146 valence electrons. The molecule has 1 aromatic carbocycles. The second kappa shape index (κ2) is 10.9. The second-order valence-corrected chi connectivity index (χ2v) is 8.34. The molecule has 1 amide bonds. The molecule has 0 aliphatic rings. The molecule has 27 heavy (non-hydrogen) atoms. The third kappa shape index (κ3) is 7.96. The summed E-state index contributed by atoms with van der Waals surface area (Å²) in [6.45, 7) is 4.63. The number of rotatable bonds is 11. The fourth-order valence-corrected chi connectivity index (χ4v) is 3.96. The lowest BCUT2D eigenvalue weighted by Gasteiger charge is -2.06. The van der Waals surface area contributed by atoms with Gasteiger partial charge in [-0.15, -0.1) is 10.2 Å². The molecule has 9 heteroatoms. The topological polar surface area (TPSA) is 107 Å². The first-order chi connectivity index (χ1) is 12.9. The molecule has 7 nitrogen and oxygen atoms in total. The number of anilines is 2. The Labute approximate surface area is 167 Å². The first-order valence-corrected chi connectivity index (χ1v) is 10.5. The highest BCUT2D eigenvalue weighted by molar-refractivity contribution is 8.01. The first kappa shape index (κ1) is 21.2. The molecule has 2 aromatic rings. The van der Waals surface area contributed by atoms with Gasteiger partial charge in [0.1, 0.15) is 0 Å². The normalized spacial score (nSPS) is 10.6. The molecule has 0 saturated carbocycles. The van der Waals surface area contributed by atoms with Gasteiger partial charge in [0.25, 0.3) is 0 Å². The van der Waals surface area contributed by atoms with Crippen LogP contribution in [-0.2, 0) is 9.59 Å². The number of aliphatic carboxylic acids is 1. The highest BCUT2D eigenvalue weighted by atomic mass is 32.2. The number of aryl methyl sites for hydroxylation is 2. The number of carboxylic acids is 1. The van der Waals surface area contributed by atoms with Gasteiger partial charge in [-0.2, -0.15) is 0 Å². The number of carbonyl (C=O) groups is 2. The fourth-order valence-electron chi connectivity index (χ4n) is 2.36. The van der Waals surface area contributed by atoms with Gasteiger partial charge in [-0.25, -0.2) is 0 Å². The summed E-state index contributed by atoms with van der Waals surface area (Å²) in [6, 6.07) is 6.15. The molecule has 0 spiro atoms. The smallest absolute Gasteiger partial charge is 0.230 e. The van der Waals surface area contributed by atoms with Crippen molar-refractivity contribution in [1.82, 2.24) is 15.5 Å². The van der Waals surface area contributed by atoms with Crippen molar-refractivity contribution in [3.63, 3.8) is 0 Å². The number of aromatic nitrogens is 2. The second-order valence-electron chi connectivity index (χ2n) is 6.14. The van der Waals surface area contributed by atoms with E-state index in [0.29, 0.717) is 18.1 Å². The summed E-state index contributed by atoms with van der Waals surface area (Å²) in [4.78, 5) is 22.1. The van der Waals surface area contributed by atoms with E-state index in [4.69, 9.17) is 0 Å². The van der Waals surface area contributed by atoms with Gasteiger partial charge in [0.2, 0.25) is 11.0 Å². The molecule has 2 rings (SSSR count). The zero-order valence-electron chi connectivity index (χ0n) is 15.4. The third-order valence-electron chi connectivity index (χ3n) is 3.74. The van der Waals surface area contributed by atoms with Gasteiger partial charge in [0.15, 0.2) is 4.34 Å². The van der Waals surface area contributed by atoms with Gasteiger partial charge < -0.3 is 20.5 Å². The third-order valence-corrected chi connectivity index (χ3v) is 5.71. The van der Waals surface area contributed by atoms with E-state index in [1.165, 1.54) is 28.7 Å². The van der Waals surface area contributed by atoms with Crippen molar-refractivity contribution >= 4 is 45.8 Å². The van der Waals surface area contributed by atoms with E-state index in [0.717, 1.165) is 28.4 Å². The molecule has 0 unspecified atom stereocenters. The summed E-state index contributed by atoms with van der Waals surface area (Å²) >= 11 is 2.75. The quantitative estimate of drug-likeness (QED) is 0.435. The maximum atomic E-state index is 11.8. The summed E-state index contributed by atoms with van der Waals surface area (Å²) < 4.78 is 0.728. The predicted molar refractivity (Wildman–Crippen MR) is 106 cm³/mol. The SMILES string of the molecule is Cc1ccc(Nc2nnc(SCC(=O)NCCCCCC(=O)[O-])s2)c(C)c1. The van der Waals surface area contributed by atoms with Crippen LogP contribution < -0.4 is 15.7 Å². The van der Waals surface area contributed by atoms with Crippen LogP contribution in [0.25, 0.3) is 0 Å². The molecule has 2 N–H and O–H groups in total. The van der Waals surface area contributed by atoms with Crippen LogP contribution in [0.2, 0.25) is 0 Å². The summed E-state index contributed by atoms with van der Waals surface area (Å²) in [5, 5.41) is 25.3. The lowest BCUT2D eigenvalue weighted by Crippen LogP contribution is -2.26.